The molecule has 3 nitrogen and oxygen atoms in total. The Morgan fingerprint density at radius 2 is 2.32 bits per heavy atom. The number of rotatable bonds is 5. The van der Waals surface area contributed by atoms with Crippen LogP contribution < -0.4 is 10.5 Å². The minimum atomic E-state index is 0.151. The van der Waals surface area contributed by atoms with Gasteiger partial charge in [0.05, 0.1) is 5.69 Å². The van der Waals surface area contributed by atoms with Gasteiger partial charge in [0, 0.05) is 18.2 Å². The zero-order chi connectivity index (χ0) is 13.7. The molecule has 0 saturated heterocycles. The van der Waals surface area contributed by atoms with Crippen LogP contribution in [0.25, 0.3) is 0 Å². The lowest BCUT2D eigenvalue weighted by molar-refractivity contribution is 0.226. The fourth-order valence-corrected chi connectivity index (χ4v) is 2.29. The average molecular weight is 260 g/mol. The highest BCUT2D eigenvalue weighted by atomic mass is 16.5. The zero-order valence-corrected chi connectivity index (χ0v) is 11.9. The van der Waals surface area contributed by atoms with Crippen molar-refractivity contribution in [2.24, 2.45) is 5.73 Å². The van der Waals surface area contributed by atoms with Crippen molar-refractivity contribution in [1.82, 2.24) is 4.98 Å². The molecule has 0 fully saturated rings. The van der Waals surface area contributed by atoms with Crippen LogP contribution in [0.15, 0.2) is 24.3 Å². The van der Waals surface area contributed by atoms with Gasteiger partial charge < -0.3 is 10.5 Å². The Kier molecular flexibility index (Phi) is 4.97. The fourth-order valence-electron chi connectivity index (χ4n) is 2.29. The predicted molar refractivity (Wildman–Crippen MR) is 78.4 cm³/mol. The van der Waals surface area contributed by atoms with Crippen molar-refractivity contribution < 1.29 is 4.74 Å². The van der Waals surface area contributed by atoms with E-state index in [-0.39, 0.29) is 12.1 Å². The summed E-state index contributed by atoms with van der Waals surface area (Å²) in [4.78, 5) is 4.60. The fraction of sp³-hybridized carbons (Fsp3) is 0.562. The third-order valence-corrected chi connectivity index (χ3v) is 3.54. The van der Waals surface area contributed by atoms with Crippen LogP contribution in [0.2, 0.25) is 0 Å². The van der Waals surface area contributed by atoms with Crippen molar-refractivity contribution in [3.8, 4) is 5.75 Å². The van der Waals surface area contributed by atoms with Crippen molar-refractivity contribution in [1.29, 1.82) is 0 Å². The second-order valence-corrected chi connectivity index (χ2v) is 5.29. The van der Waals surface area contributed by atoms with Gasteiger partial charge in [-0.15, -0.1) is 0 Å². The van der Waals surface area contributed by atoms with Crippen molar-refractivity contribution in [2.45, 2.75) is 58.1 Å². The maximum Gasteiger partial charge on any atom is 0.141 e. The van der Waals surface area contributed by atoms with Crippen molar-refractivity contribution in [3.05, 3.63) is 35.7 Å². The van der Waals surface area contributed by atoms with Crippen LogP contribution in [0.1, 0.15) is 44.0 Å². The second kappa shape index (κ2) is 6.71. The van der Waals surface area contributed by atoms with E-state index < -0.39 is 0 Å². The number of pyridine rings is 1. The Morgan fingerprint density at radius 1 is 1.47 bits per heavy atom. The molecule has 0 bridgehead atoms. The van der Waals surface area contributed by atoms with Crippen LogP contribution >= 0.6 is 0 Å². The number of aromatic nitrogens is 1. The van der Waals surface area contributed by atoms with E-state index in [1.807, 2.05) is 19.1 Å². The minimum absolute atomic E-state index is 0.151. The molecule has 1 aromatic heterocycles. The molecule has 1 heterocycles. The topological polar surface area (TPSA) is 48.1 Å². The molecule has 0 saturated carbocycles. The van der Waals surface area contributed by atoms with Crippen LogP contribution in [-0.4, -0.2) is 17.1 Å². The largest absolute Gasteiger partial charge is 0.484 e. The van der Waals surface area contributed by atoms with Crippen LogP contribution in [0.3, 0.4) is 0 Å². The Hall–Kier alpha value is -1.35. The first-order valence-electron chi connectivity index (χ1n) is 7.24. The summed E-state index contributed by atoms with van der Waals surface area (Å²) in [7, 11) is 0. The summed E-state index contributed by atoms with van der Waals surface area (Å²) in [6, 6.07) is 4.18. The molecule has 2 rings (SSSR count). The molecule has 0 aliphatic heterocycles. The normalized spacial score (nSPS) is 20.3. The van der Waals surface area contributed by atoms with Crippen LogP contribution in [0.4, 0.5) is 0 Å². The Labute approximate surface area is 115 Å². The highest BCUT2D eigenvalue weighted by Crippen LogP contribution is 2.23. The Bertz CT molecular complexity index is 442. The van der Waals surface area contributed by atoms with Crippen molar-refractivity contribution >= 4 is 0 Å². The lowest BCUT2D eigenvalue weighted by Gasteiger charge is -2.21. The molecule has 1 aromatic rings. The quantitative estimate of drug-likeness (QED) is 0.827. The first-order valence-corrected chi connectivity index (χ1v) is 7.24. The van der Waals surface area contributed by atoms with E-state index in [1.165, 1.54) is 12.8 Å². The molecule has 0 amide bonds. The number of ether oxygens (including phenoxy) is 1. The molecular weight excluding hydrogens is 236 g/mol. The van der Waals surface area contributed by atoms with E-state index in [9.17, 15) is 0 Å². The van der Waals surface area contributed by atoms with Gasteiger partial charge in [0.2, 0.25) is 0 Å². The molecule has 0 aromatic carbocycles. The smallest absolute Gasteiger partial charge is 0.141 e. The zero-order valence-electron chi connectivity index (χ0n) is 11.9. The van der Waals surface area contributed by atoms with Crippen LogP contribution in [0.5, 0.6) is 5.75 Å². The highest BCUT2D eigenvalue weighted by molar-refractivity contribution is 5.30. The third-order valence-electron chi connectivity index (χ3n) is 3.54. The molecule has 19 heavy (non-hydrogen) atoms. The molecule has 1 aliphatic rings. The van der Waals surface area contributed by atoms with Crippen molar-refractivity contribution in [3.63, 3.8) is 0 Å². The first-order chi connectivity index (χ1) is 9.19. The molecule has 2 N–H and O–H groups in total. The molecule has 0 radical (unpaired) electrons. The van der Waals surface area contributed by atoms with E-state index in [0.29, 0.717) is 0 Å². The summed E-state index contributed by atoms with van der Waals surface area (Å²) in [6.45, 7) is 4.11. The third kappa shape index (κ3) is 4.06. The first kappa shape index (κ1) is 14.1. The summed E-state index contributed by atoms with van der Waals surface area (Å²) >= 11 is 0. The predicted octanol–water partition coefficient (Wildman–Crippen LogP) is 3.16. The van der Waals surface area contributed by atoms with Gasteiger partial charge in [-0.05, 0) is 50.8 Å². The average Bonchev–Trinajstić information content (AvgIpc) is 2.43. The van der Waals surface area contributed by atoms with E-state index in [4.69, 9.17) is 10.5 Å². The molecule has 104 valence electrons. The second-order valence-electron chi connectivity index (χ2n) is 5.29. The minimum Gasteiger partial charge on any atom is -0.484 e. The standard InChI is InChI=1S/C16H24N2O/c1-3-13(17)11-15-16(10-9-12(2)18-15)19-14-7-5-4-6-8-14/h5,7,9-10,13-14H,3-4,6,8,11,17H2,1-2H3. The number of allylic oxidation sites excluding steroid dienone is 1. The summed E-state index contributed by atoms with van der Waals surface area (Å²) in [5.41, 5.74) is 8.06. The molecule has 1 aliphatic carbocycles. The lowest BCUT2D eigenvalue weighted by atomic mass is 10.0. The van der Waals surface area contributed by atoms with Gasteiger partial charge >= 0.3 is 0 Å². The summed E-state index contributed by atoms with van der Waals surface area (Å²) in [5, 5.41) is 0. The van der Waals surface area contributed by atoms with E-state index in [0.717, 1.165) is 36.4 Å². The van der Waals surface area contributed by atoms with E-state index in [1.54, 1.807) is 0 Å². The van der Waals surface area contributed by atoms with Crippen LogP contribution in [-0.2, 0) is 6.42 Å². The van der Waals surface area contributed by atoms with Gasteiger partial charge in [-0.1, -0.05) is 13.0 Å². The van der Waals surface area contributed by atoms with Crippen molar-refractivity contribution in [2.75, 3.05) is 0 Å². The monoisotopic (exact) mass is 260 g/mol. The Balaban J connectivity index is 2.13. The number of aryl methyl sites for hydroxylation is 1. The van der Waals surface area contributed by atoms with Gasteiger partial charge in [0.25, 0.3) is 0 Å². The number of hydrogen-bond donors (Lipinski definition) is 1. The maximum atomic E-state index is 6.08. The molecule has 3 heteroatoms. The van der Waals surface area contributed by atoms with Gasteiger partial charge in [-0.25, -0.2) is 0 Å². The van der Waals surface area contributed by atoms with E-state index >= 15 is 0 Å². The molecular formula is C16H24N2O. The van der Waals surface area contributed by atoms with E-state index in [2.05, 4.69) is 24.1 Å². The summed E-state index contributed by atoms with van der Waals surface area (Å²) in [6.07, 6.45) is 9.74. The molecule has 2 atom stereocenters. The van der Waals surface area contributed by atoms with Gasteiger partial charge in [-0.2, -0.15) is 0 Å². The van der Waals surface area contributed by atoms with Gasteiger partial charge in [0.15, 0.2) is 0 Å². The van der Waals surface area contributed by atoms with Gasteiger partial charge in [0.1, 0.15) is 11.9 Å². The molecule has 2 unspecified atom stereocenters. The lowest BCUT2D eigenvalue weighted by Crippen LogP contribution is -2.23. The van der Waals surface area contributed by atoms with Gasteiger partial charge in [-0.3, -0.25) is 4.98 Å². The Morgan fingerprint density at radius 3 is 3.00 bits per heavy atom. The highest BCUT2D eigenvalue weighted by Gasteiger charge is 2.15. The SMILES string of the molecule is CCC(N)Cc1nc(C)ccc1OC1C=CCCC1. The number of hydrogen-bond acceptors (Lipinski definition) is 3. The number of nitrogens with zero attached hydrogens (tertiary/aromatic N) is 1. The summed E-state index contributed by atoms with van der Waals surface area (Å²) < 4.78 is 6.08. The van der Waals surface area contributed by atoms with Crippen LogP contribution in [0, 0.1) is 6.92 Å². The number of nitrogens with two attached hydrogens (primary N) is 1. The maximum absolute atomic E-state index is 6.08. The molecule has 0 spiro atoms. The summed E-state index contributed by atoms with van der Waals surface area (Å²) in [5.74, 6) is 0.894.